The van der Waals surface area contributed by atoms with Gasteiger partial charge in [0.1, 0.15) is 12.1 Å². The van der Waals surface area contributed by atoms with Gasteiger partial charge >= 0.3 is 0 Å². The molecule has 1 aliphatic rings. The van der Waals surface area contributed by atoms with Crippen molar-refractivity contribution in [3.63, 3.8) is 0 Å². The van der Waals surface area contributed by atoms with Gasteiger partial charge in [-0.05, 0) is 0 Å². The number of hydrogen-bond donors (Lipinski definition) is 0. The highest BCUT2D eigenvalue weighted by Gasteiger charge is 2.12. The van der Waals surface area contributed by atoms with Crippen LogP contribution in [0.3, 0.4) is 0 Å². The summed E-state index contributed by atoms with van der Waals surface area (Å²) in [6.45, 7) is 3.30. The summed E-state index contributed by atoms with van der Waals surface area (Å²) in [4.78, 5) is 10.4. The predicted octanol–water partition coefficient (Wildman–Crippen LogP) is 1.47. The van der Waals surface area contributed by atoms with Gasteiger partial charge in [-0.2, -0.15) is 0 Å². The predicted molar refractivity (Wildman–Crippen MR) is 61.9 cm³/mol. The van der Waals surface area contributed by atoms with Crippen molar-refractivity contribution in [3.8, 4) is 0 Å². The molecule has 15 heavy (non-hydrogen) atoms. The summed E-state index contributed by atoms with van der Waals surface area (Å²) in [7, 11) is 0. The third-order valence-corrected chi connectivity index (χ3v) is 2.46. The van der Waals surface area contributed by atoms with Gasteiger partial charge in [0.05, 0.1) is 24.8 Å². The molecular formula is C9H13Cl2N3O. The van der Waals surface area contributed by atoms with Crippen LogP contribution in [-0.4, -0.2) is 36.3 Å². The Kier molecular flexibility index (Phi) is 5.08. The minimum atomic E-state index is 0. The van der Waals surface area contributed by atoms with Gasteiger partial charge in [0.15, 0.2) is 0 Å². The molecule has 0 aliphatic carbocycles. The van der Waals surface area contributed by atoms with Crippen LogP contribution in [0.2, 0.25) is 0 Å². The van der Waals surface area contributed by atoms with E-state index in [0.717, 1.165) is 37.8 Å². The van der Waals surface area contributed by atoms with Crippen LogP contribution in [0.5, 0.6) is 0 Å². The molecule has 84 valence electrons. The molecule has 0 unspecified atom stereocenters. The fourth-order valence-electron chi connectivity index (χ4n) is 1.42. The minimum Gasteiger partial charge on any atom is -0.378 e. The number of nitrogens with zero attached hydrogens (tertiary/aromatic N) is 3. The molecule has 0 spiro atoms. The number of aromatic nitrogens is 2. The van der Waals surface area contributed by atoms with Crippen LogP contribution < -0.4 is 4.90 Å². The zero-order valence-corrected chi connectivity index (χ0v) is 9.80. The van der Waals surface area contributed by atoms with Crippen LogP contribution in [0, 0.1) is 0 Å². The molecule has 2 rings (SSSR count). The summed E-state index contributed by atoms with van der Waals surface area (Å²) in [5.41, 5.74) is 0.864. The second kappa shape index (κ2) is 6.10. The van der Waals surface area contributed by atoms with Gasteiger partial charge < -0.3 is 9.64 Å². The van der Waals surface area contributed by atoms with E-state index in [1.54, 1.807) is 6.33 Å². The van der Waals surface area contributed by atoms with E-state index in [0.29, 0.717) is 5.88 Å². The lowest BCUT2D eigenvalue weighted by molar-refractivity contribution is 0.122. The van der Waals surface area contributed by atoms with E-state index in [1.807, 2.05) is 6.07 Å². The standard InChI is InChI=1S/C9H12ClN3O.ClH/c10-6-8-5-9(12-7-11-8)13-1-3-14-4-2-13;/h5,7H,1-4,6H2;1H. The van der Waals surface area contributed by atoms with Crippen LogP contribution in [0.1, 0.15) is 5.69 Å². The van der Waals surface area contributed by atoms with E-state index >= 15 is 0 Å². The van der Waals surface area contributed by atoms with Crippen molar-refractivity contribution in [1.29, 1.82) is 0 Å². The van der Waals surface area contributed by atoms with E-state index in [4.69, 9.17) is 16.3 Å². The molecule has 1 aliphatic heterocycles. The van der Waals surface area contributed by atoms with Gasteiger partial charge in [0.25, 0.3) is 0 Å². The van der Waals surface area contributed by atoms with Gasteiger partial charge in [-0.1, -0.05) is 0 Å². The number of anilines is 1. The first kappa shape index (κ1) is 12.5. The highest BCUT2D eigenvalue weighted by molar-refractivity contribution is 6.16. The van der Waals surface area contributed by atoms with Gasteiger partial charge in [-0.3, -0.25) is 0 Å². The topological polar surface area (TPSA) is 38.2 Å². The molecule has 6 heteroatoms. The van der Waals surface area contributed by atoms with Crippen molar-refractivity contribution in [2.45, 2.75) is 5.88 Å². The molecule has 1 saturated heterocycles. The Morgan fingerprint density at radius 3 is 2.73 bits per heavy atom. The normalized spacial score (nSPS) is 15.9. The molecule has 0 atom stereocenters. The van der Waals surface area contributed by atoms with E-state index in [1.165, 1.54) is 0 Å². The maximum absolute atomic E-state index is 5.70. The molecule has 0 N–H and O–H groups in total. The fourth-order valence-corrected chi connectivity index (χ4v) is 1.57. The second-order valence-corrected chi connectivity index (χ2v) is 3.37. The molecule has 4 nitrogen and oxygen atoms in total. The Bertz CT molecular complexity index is 305. The van der Waals surface area contributed by atoms with Crippen molar-refractivity contribution in [1.82, 2.24) is 9.97 Å². The molecule has 0 radical (unpaired) electrons. The average molecular weight is 250 g/mol. The number of rotatable bonds is 2. The van der Waals surface area contributed by atoms with E-state index in [2.05, 4.69) is 14.9 Å². The van der Waals surface area contributed by atoms with Crippen molar-refractivity contribution in [3.05, 3.63) is 18.1 Å². The number of hydrogen-bond acceptors (Lipinski definition) is 4. The molecule has 1 aromatic heterocycles. The number of alkyl halides is 1. The maximum atomic E-state index is 5.70. The quantitative estimate of drug-likeness (QED) is 0.745. The molecule has 1 fully saturated rings. The summed E-state index contributed by atoms with van der Waals surface area (Å²) in [6.07, 6.45) is 1.56. The third-order valence-electron chi connectivity index (χ3n) is 2.18. The first-order valence-electron chi connectivity index (χ1n) is 4.60. The van der Waals surface area contributed by atoms with Crippen molar-refractivity contribution in [2.75, 3.05) is 31.2 Å². The van der Waals surface area contributed by atoms with Crippen molar-refractivity contribution >= 4 is 29.8 Å². The first-order chi connectivity index (χ1) is 6.90. The third kappa shape index (κ3) is 3.19. The summed E-state index contributed by atoms with van der Waals surface area (Å²) >= 11 is 5.70. The first-order valence-corrected chi connectivity index (χ1v) is 5.13. The number of morpholine rings is 1. The average Bonchev–Trinajstić information content (AvgIpc) is 2.30. The van der Waals surface area contributed by atoms with Gasteiger partial charge in [0.2, 0.25) is 0 Å². The molecule has 0 aromatic carbocycles. The van der Waals surface area contributed by atoms with Gasteiger partial charge in [-0.15, -0.1) is 24.0 Å². The van der Waals surface area contributed by atoms with E-state index in [-0.39, 0.29) is 12.4 Å². The SMILES string of the molecule is Cl.ClCc1cc(N2CCOCC2)ncn1. The lowest BCUT2D eigenvalue weighted by atomic mass is 10.3. The summed E-state index contributed by atoms with van der Waals surface area (Å²) in [5, 5.41) is 0. The Labute approximate surface area is 100 Å². The molecule has 0 amide bonds. The van der Waals surface area contributed by atoms with Crippen LogP contribution >= 0.6 is 24.0 Å². The largest absolute Gasteiger partial charge is 0.378 e. The Morgan fingerprint density at radius 1 is 1.33 bits per heavy atom. The molecule has 2 heterocycles. The zero-order valence-electron chi connectivity index (χ0n) is 8.23. The smallest absolute Gasteiger partial charge is 0.132 e. The van der Waals surface area contributed by atoms with Crippen molar-refractivity contribution < 1.29 is 4.74 Å². The van der Waals surface area contributed by atoms with E-state index < -0.39 is 0 Å². The highest BCUT2D eigenvalue weighted by Crippen LogP contribution is 2.13. The summed E-state index contributed by atoms with van der Waals surface area (Å²) < 4.78 is 5.27. The zero-order chi connectivity index (χ0) is 9.80. The molecular weight excluding hydrogens is 237 g/mol. The van der Waals surface area contributed by atoms with Crippen LogP contribution in [0.25, 0.3) is 0 Å². The van der Waals surface area contributed by atoms with Crippen LogP contribution in [-0.2, 0) is 10.6 Å². The summed E-state index contributed by atoms with van der Waals surface area (Å²) in [5.74, 6) is 1.37. The molecule has 1 aromatic rings. The number of ether oxygens (including phenoxy) is 1. The lowest BCUT2D eigenvalue weighted by Gasteiger charge is -2.27. The van der Waals surface area contributed by atoms with Crippen molar-refractivity contribution in [2.24, 2.45) is 0 Å². The second-order valence-electron chi connectivity index (χ2n) is 3.10. The van der Waals surface area contributed by atoms with Crippen LogP contribution in [0.4, 0.5) is 5.82 Å². The lowest BCUT2D eigenvalue weighted by Crippen LogP contribution is -2.36. The molecule has 0 saturated carbocycles. The van der Waals surface area contributed by atoms with Gasteiger partial charge in [-0.25, -0.2) is 9.97 Å². The monoisotopic (exact) mass is 249 g/mol. The summed E-state index contributed by atoms with van der Waals surface area (Å²) in [6, 6.07) is 1.93. The highest BCUT2D eigenvalue weighted by atomic mass is 35.5. The van der Waals surface area contributed by atoms with Crippen LogP contribution in [0.15, 0.2) is 12.4 Å². The Morgan fingerprint density at radius 2 is 2.07 bits per heavy atom. The maximum Gasteiger partial charge on any atom is 0.132 e. The van der Waals surface area contributed by atoms with Gasteiger partial charge in [0, 0.05) is 19.2 Å². The minimum absolute atomic E-state index is 0. The Balaban J connectivity index is 0.00000112. The van der Waals surface area contributed by atoms with E-state index in [9.17, 15) is 0 Å². The Hall–Kier alpha value is -0.580. The molecule has 0 bridgehead atoms. The fraction of sp³-hybridized carbons (Fsp3) is 0.556. The number of halogens is 2.